The van der Waals surface area contributed by atoms with Crippen LogP contribution in [0, 0.1) is 17.3 Å². The van der Waals surface area contributed by atoms with E-state index in [4.69, 9.17) is 0 Å². The lowest BCUT2D eigenvalue weighted by molar-refractivity contribution is -0.136. The molecule has 6 nitrogen and oxygen atoms in total. The van der Waals surface area contributed by atoms with Crippen molar-refractivity contribution >= 4 is 11.9 Å². The first kappa shape index (κ1) is 20.1. The highest BCUT2D eigenvalue weighted by Crippen LogP contribution is 2.44. The van der Waals surface area contributed by atoms with Crippen molar-refractivity contribution < 1.29 is 30.0 Å². The van der Waals surface area contributed by atoms with E-state index < -0.39 is 47.5 Å². The van der Waals surface area contributed by atoms with E-state index in [2.05, 4.69) is 13.0 Å². The Morgan fingerprint density at radius 1 is 1.15 bits per heavy atom. The van der Waals surface area contributed by atoms with Gasteiger partial charge in [0.15, 0.2) is 0 Å². The minimum absolute atomic E-state index is 0.163. The number of hydrogen-bond donors (Lipinski definition) is 4. The molecule has 0 aromatic rings. The summed E-state index contributed by atoms with van der Waals surface area (Å²) < 4.78 is 0. The maximum Gasteiger partial charge on any atom is 0.336 e. The third-order valence-corrected chi connectivity index (χ3v) is 5.71. The van der Waals surface area contributed by atoms with E-state index >= 15 is 0 Å². The van der Waals surface area contributed by atoms with Gasteiger partial charge in [0, 0.05) is 12.3 Å². The molecule has 5 unspecified atom stereocenters. The van der Waals surface area contributed by atoms with Crippen LogP contribution in [0.2, 0.25) is 0 Å². The van der Waals surface area contributed by atoms with Gasteiger partial charge in [-0.25, -0.2) is 9.59 Å². The average Bonchev–Trinajstić information content (AvgIpc) is 2.56. The molecule has 2 rings (SSSR count). The molecule has 0 aromatic carbocycles. The van der Waals surface area contributed by atoms with Crippen LogP contribution in [0.3, 0.4) is 0 Å². The smallest absolute Gasteiger partial charge is 0.336 e. The molecule has 0 saturated carbocycles. The monoisotopic (exact) mass is 362 g/mol. The number of carboxylic acid groups (broad SMARTS) is 2. The summed E-state index contributed by atoms with van der Waals surface area (Å²) in [6.45, 7) is 4.04. The Morgan fingerprint density at radius 2 is 1.85 bits per heavy atom. The van der Waals surface area contributed by atoms with Crippen LogP contribution in [-0.4, -0.2) is 44.6 Å². The van der Waals surface area contributed by atoms with Crippen LogP contribution < -0.4 is 0 Å². The Kier molecular flexibility index (Phi) is 6.21. The number of rotatable bonds is 3. The minimum atomic E-state index is -1.41. The lowest BCUT2D eigenvalue weighted by Gasteiger charge is -2.43. The predicted octanol–water partition coefficient (Wildman–Crippen LogP) is 2.30. The van der Waals surface area contributed by atoms with Gasteiger partial charge in [0.05, 0.1) is 23.4 Å². The van der Waals surface area contributed by atoms with Gasteiger partial charge in [-0.1, -0.05) is 50.3 Å². The summed E-state index contributed by atoms with van der Waals surface area (Å²) in [5.41, 5.74) is -1.29. The van der Waals surface area contributed by atoms with Gasteiger partial charge in [0.25, 0.3) is 0 Å². The summed E-state index contributed by atoms with van der Waals surface area (Å²) in [5, 5.41) is 39.8. The number of aliphatic hydroxyl groups is 2. The second-order valence-electron chi connectivity index (χ2n) is 7.28. The first-order chi connectivity index (χ1) is 12.2. The van der Waals surface area contributed by atoms with Crippen molar-refractivity contribution in [2.24, 2.45) is 17.3 Å². The Balaban J connectivity index is 2.56. The molecule has 6 heteroatoms. The Bertz CT molecular complexity index is 686. The third-order valence-electron chi connectivity index (χ3n) is 5.71. The normalized spacial score (nSPS) is 35.4. The Hall–Kier alpha value is -2.18. The van der Waals surface area contributed by atoms with Gasteiger partial charge >= 0.3 is 11.9 Å². The zero-order chi connectivity index (χ0) is 19.5. The molecule has 0 radical (unpaired) electrons. The molecule has 5 atom stereocenters. The van der Waals surface area contributed by atoms with E-state index in [9.17, 15) is 30.0 Å². The van der Waals surface area contributed by atoms with E-state index in [1.165, 1.54) is 12.2 Å². The second-order valence-corrected chi connectivity index (χ2v) is 7.28. The van der Waals surface area contributed by atoms with Crippen molar-refractivity contribution in [2.45, 2.75) is 45.3 Å². The van der Waals surface area contributed by atoms with Crippen LogP contribution >= 0.6 is 0 Å². The van der Waals surface area contributed by atoms with Gasteiger partial charge in [0.2, 0.25) is 0 Å². The molecule has 142 valence electrons. The number of allylic oxidation sites excluding steroid dienone is 4. The topological polar surface area (TPSA) is 115 Å². The molecule has 0 aliphatic heterocycles. The number of carboxylic acids is 2. The number of aliphatic hydroxyl groups excluding tert-OH is 2. The molecule has 2 aliphatic carbocycles. The van der Waals surface area contributed by atoms with E-state index in [-0.39, 0.29) is 11.5 Å². The van der Waals surface area contributed by atoms with Crippen molar-refractivity contribution in [3.05, 3.63) is 47.6 Å². The molecule has 0 heterocycles. The summed E-state index contributed by atoms with van der Waals surface area (Å²) in [7, 11) is 0. The predicted molar refractivity (Wildman–Crippen MR) is 96.3 cm³/mol. The summed E-state index contributed by atoms with van der Waals surface area (Å²) >= 11 is 0. The zero-order valence-electron chi connectivity index (χ0n) is 15.0. The van der Waals surface area contributed by atoms with Crippen LogP contribution in [0.4, 0.5) is 0 Å². The van der Waals surface area contributed by atoms with E-state index in [0.717, 1.165) is 12.8 Å². The van der Waals surface area contributed by atoms with Crippen molar-refractivity contribution in [1.29, 1.82) is 0 Å². The van der Waals surface area contributed by atoms with E-state index in [1.807, 2.05) is 25.2 Å². The quantitative estimate of drug-likeness (QED) is 0.612. The summed E-state index contributed by atoms with van der Waals surface area (Å²) in [4.78, 5) is 22.9. The number of aliphatic carboxylic acids is 2. The van der Waals surface area contributed by atoms with Crippen LogP contribution in [0.1, 0.15) is 33.1 Å². The largest absolute Gasteiger partial charge is 0.478 e. The van der Waals surface area contributed by atoms with E-state index in [1.54, 1.807) is 0 Å². The second kappa shape index (κ2) is 8.01. The maximum absolute atomic E-state index is 11.5. The fourth-order valence-corrected chi connectivity index (χ4v) is 3.77. The maximum atomic E-state index is 11.5. The molecular weight excluding hydrogens is 336 g/mol. The number of carbonyl (C=O) groups is 2. The van der Waals surface area contributed by atoms with Gasteiger partial charge in [-0.2, -0.15) is 0 Å². The fraction of sp³-hybridized carbons (Fsp3) is 0.500. The standard InChI is InChI=1S/C20H26O6/c1-12-7-5-3-4-6-10-20(12,2)15-9-8-13(18(23)24)14(19(25)26)11-16(21)17(15)22/h3-4,6,8-10,12,15-17,21-22H,5,7,11H2,1-2H3,(H,23,24)(H,25,26). The molecule has 26 heavy (non-hydrogen) atoms. The van der Waals surface area contributed by atoms with Crippen molar-refractivity contribution in [3.8, 4) is 0 Å². The van der Waals surface area contributed by atoms with Crippen LogP contribution in [0.15, 0.2) is 47.6 Å². The molecule has 0 fully saturated rings. The fourth-order valence-electron chi connectivity index (χ4n) is 3.77. The third kappa shape index (κ3) is 3.97. The summed E-state index contributed by atoms with van der Waals surface area (Å²) in [6.07, 6.45) is 9.43. The van der Waals surface area contributed by atoms with E-state index in [0.29, 0.717) is 0 Å². The highest BCUT2D eigenvalue weighted by Gasteiger charge is 2.43. The van der Waals surface area contributed by atoms with Crippen LogP contribution in [0.25, 0.3) is 0 Å². The van der Waals surface area contributed by atoms with Crippen molar-refractivity contribution in [2.75, 3.05) is 0 Å². The zero-order valence-corrected chi connectivity index (χ0v) is 15.0. The number of hydrogen-bond acceptors (Lipinski definition) is 4. The molecule has 2 aliphatic rings. The molecular formula is C20H26O6. The Morgan fingerprint density at radius 3 is 2.46 bits per heavy atom. The van der Waals surface area contributed by atoms with Gasteiger partial charge < -0.3 is 20.4 Å². The van der Waals surface area contributed by atoms with Crippen molar-refractivity contribution in [1.82, 2.24) is 0 Å². The van der Waals surface area contributed by atoms with Gasteiger partial charge in [-0.15, -0.1) is 0 Å². The minimum Gasteiger partial charge on any atom is -0.478 e. The first-order valence-electron chi connectivity index (χ1n) is 8.77. The first-order valence-corrected chi connectivity index (χ1v) is 8.77. The van der Waals surface area contributed by atoms with Crippen molar-refractivity contribution in [3.63, 3.8) is 0 Å². The molecule has 4 N–H and O–H groups in total. The lowest BCUT2D eigenvalue weighted by Crippen LogP contribution is -2.45. The summed E-state index contributed by atoms with van der Waals surface area (Å²) in [6, 6.07) is 0. The molecule has 0 spiro atoms. The average molecular weight is 362 g/mol. The molecule has 0 aromatic heterocycles. The highest BCUT2D eigenvalue weighted by atomic mass is 16.4. The molecule has 0 bridgehead atoms. The lowest BCUT2D eigenvalue weighted by atomic mass is 9.63. The van der Waals surface area contributed by atoms with Gasteiger partial charge in [-0.05, 0) is 24.2 Å². The molecule has 0 amide bonds. The van der Waals surface area contributed by atoms with Gasteiger partial charge in [-0.3, -0.25) is 0 Å². The summed E-state index contributed by atoms with van der Waals surface area (Å²) in [5.74, 6) is -3.17. The Labute approximate surface area is 152 Å². The van der Waals surface area contributed by atoms with Crippen LogP contribution in [-0.2, 0) is 9.59 Å². The van der Waals surface area contributed by atoms with Crippen LogP contribution in [0.5, 0.6) is 0 Å². The highest BCUT2D eigenvalue weighted by molar-refractivity contribution is 6.01. The molecule has 0 saturated heterocycles. The SMILES string of the molecule is CC1CCC=CC=CC1(C)C1C=CC(C(=O)O)=C(C(=O)O)CC(O)C1O. The van der Waals surface area contributed by atoms with Gasteiger partial charge in [0.1, 0.15) is 0 Å².